The second-order valence-electron chi connectivity index (χ2n) is 8.62. The summed E-state index contributed by atoms with van der Waals surface area (Å²) in [4.78, 5) is 4.73. The van der Waals surface area contributed by atoms with E-state index in [9.17, 15) is 5.26 Å². The van der Waals surface area contributed by atoms with Crippen LogP contribution in [0.3, 0.4) is 0 Å². The van der Waals surface area contributed by atoms with Gasteiger partial charge in [0.15, 0.2) is 0 Å². The Balaban J connectivity index is 2.23. The standard InChI is InChI=1S/C26H39N5/c1-7-23(17-30-12-10-29-11-13-30)9-8-22(5)31(19-28-6)18-25-15-26(20(2)3)21(4)14-24(25)16-27/h7-9,14-15,20,28-29H,1,10-13,17-19H2,2-6H3/b22-8+,23-9+. The van der Waals surface area contributed by atoms with Crippen molar-refractivity contribution < 1.29 is 0 Å². The quantitative estimate of drug-likeness (QED) is 0.443. The lowest BCUT2D eigenvalue weighted by Crippen LogP contribution is -2.44. The minimum absolute atomic E-state index is 0.434. The first-order chi connectivity index (χ1) is 14.9. The molecule has 0 radical (unpaired) electrons. The number of nitrogens with zero attached hydrogens (tertiary/aromatic N) is 3. The van der Waals surface area contributed by atoms with Crippen LogP contribution in [0.15, 0.2) is 48.2 Å². The van der Waals surface area contributed by atoms with Gasteiger partial charge in [0.05, 0.1) is 18.3 Å². The Labute approximate surface area is 189 Å². The summed E-state index contributed by atoms with van der Waals surface area (Å²) in [6.45, 7) is 19.2. The highest BCUT2D eigenvalue weighted by atomic mass is 15.2. The van der Waals surface area contributed by atoms with E-state index in [2.05, 4.69) is 79.0 Å². The van der Waals surface area contributed by atoms with Gasteiger partial charge in [-0.15, -0.1) is 0 Å². The van der Waals surface area contributed by atoms with Crippen LogP contribution < -0.4 is 10.6 Å². The van der Waals surface area contributed by atoms with Crippen molar-refractivity contribution in [1.29, 1.82) is 5.26 Å². The van der Waals surface area contributed by atoms with E-state index in [-0.39, 0.29) is 0 Å². The van der Waals surface area contributed by atoms with Gasteiger partial charge < -0.3 is 15.5 Å². The molecule has 0 spiro atoms. The number of rotatable bonds is 10. The zero-order valence-electron chi connectivity index (χ0n) is 20.0. The molecule has 1 aromatic carbocycles. The molecule has 1 fully saturated rings. The van der Waals surface area contributed by atoms with E-state index in [1.165, 1.54) is 16.7 Å². The number of hydrogen-bond acceptors (Lipinski definition) is 5. The molecule has 1 aliphatic heterocycles. The Bertz CT molecular complexity index is 838. The zero-order valence-corrected chi connectivity index (χ0v) is 20.0. The molecule has 1 aliphatic rings. The van der Waals surface area contributed by atoms with Gasteiger partial charge in [-0.2, -0.15) is 5.26 Å². The van der Waals surface area contributed by atoms with E-state index in [4.69, 9.17) is 0 Å². The third kappa shape index (κ3) is 7.36. The average molecular weight is 422 g/mol. The summed E-state index contributed by atoms with van der Waals surface area (Å²) >= 11 is 0. The molecule has 0 unspecified atom stereocenters. The van der Waals surface area contributed by atoms with Crippen LogP contribution in [0.2, 0.25) is 0 Å². The zero-order chi connectivity index (χ0) is 22.8. The summed E-state index contributed by atoms with van der Waals surface area (Å²) in [7, 11) is 1.95. The number of nitriles is 1. The maximum atomic E-state index is 9.69. The van der Waals surface area contributed by atoms with Crippen LogP contribution >= 0.6 is 0 Å². The van der Waals surface area contributed by atoms with Crippen molar-refractivity contribution in [3.63, 3.8) is 0 Å². The number of nitrogens with one attached hydrogen (secondary N) is 2. The molecule has 2 rings (SSSR count). The van der Waals surface area contributed by atoms with E-state index >= 15 is 0 Å². The molecule has 5 nitrogen and oxygen atoms in total. The molecule has 1 aromatic rings. The number of benzene rings is 1. The van der Waals surface area contributed by atoms with Gasteiger partial charge in [-0.25, -0.2) is 0 Å². The minimum Gasteiger partial charge on any atom is -0.358 e. The molecule has 0 amide bonds. The van der Waals surface area contributed by atoms with Crippen LogP contribution in [-0.4, -0.2) is 56.2 Å². The largest absolute Gasteiger partial charge is 0.358 e. The van der Waals surface area contributed by atoms with Crippen molar-refractivity contribution in [3.8, 4) is 6.07 Å². The van der Waals surface area contributed by atoms with Gasteiger partial charge in [-0.3, -0.25) is 4.90 Å². The summed E-state index contributed by atoms with van der Waals surface area (Å²) in [6, 6.07) is 6.64. The number of piperazine rings is 1. The smallest absolute Gasteiger partial charge is 0.0995 e. The lowest BCUT2D eigenvalue weighted by Gasteiger charge is -2.28. The first-order valence-corrected chi connectivity index (χ1v) is 11.3. The second kappa shape index (κ2) is 12.5. The summed E-state index contributed by atoms with van der Waals surface area (Å²) < 4.78 is 0. The average Bonchev–Trinajstić information content (AvgIpc) is 2.77. The van der Waals surface area contributed by atoms with E-state index < -0.39 is 0 Å². The molecule has 0 aliphatic carbocycles. The fourth-order valence-electron chi connectivity index (χ4n) is 3.98. The van der Waals surface area contributed by atoms with Crippen molar-refractivity contribution in [2.45, 2.75) is 40.2 Å². The molecule has 168 valence electrons. The van der Waals surface area contributed by atoms with Gasteiger partial charge in [0.25, 0.3) is 0 Å². The Hall–Kier alpha value is -2.39. The van der Waals surface area contributed by atoms with Crippen molar-refractivity contribution in [1.82, 2.24) is 20.4 Å². The molecular weight excluding hydrogens is 382 g/mol. The lowest BCUT2D eigenvalue weighted by molar-refractivity contribution is 0.261. The summed E-state index contributed by atoms with van der Waals surface area (Å²) in [5.41, 5.74) is 6.72. The van der Waals surface area contributed by atoms with E-state index in [1.54, 1.807) is 0 Å². The normalized spacial score (nSPS) is 15.8. The van der Waals surface area contributed by atoms with Gasteiger partial charge in [0, 0.05) is 45.0 Å². The van der Waals surface area contributed by atoms with Crippen LogP contribution in [-0.2, 0) is 6.54 Å². The van der Waals surface area contributed by atoms with Crippen LogP contribution in [0.25, 0.3) is 0 Å². The Morgan fingerprint density at radius 1 is 1.32 bits per heavy atom. The van der Waals surface area contributed by atoms with E-state index in [1.807, 2.05) is 19.2 Å². The molecule has 31 heavy (non-hydrogen) atoms. The van der Waals surface area contributed by atoms with Crippen LogP contribution in [0.5, 0.6) is 0 Å². The Morgan fingerprint density at radius 2 is 2.03 bits per heavy atom. The number of hydrogen-bond donors (Lipinski definition) is 2. The third-order valence-corrected chi connectivity index (χ3v) is 5.86. The van der Waals surface area contributed by atoms with Gasteiger partial charge in [0.2, 0.25) is 0 Å². The number of aryl methyl sites for hydroxylation is 1. The highest BCUT2D eigenvalue weighted by Gasteiger charge is 2.14. The monoisotopic (exact) mass is 421 g/mol. The first-order valence-electron chi connectivity index (χ1n) is 11.3. The molecule has 0 aromatic heterocycles. The van der Waals surface area contributed by atoms with Crippen molar-refractivity contribution in [2.75, 3.05) is 46.4 Å². The van der Waals surface area contributed by atoms with Gasteiger partial charge in [0.1, 0.15) is 0 Å². The molecule has 0 atom stereocenters. The summed E-state index contributed by atoms with van der Waals surface area (Å²) in [6.07, 6.45) is 6.30. The molecule has 0 bridgehead atoms. The molecule has 5 heteroatoms. The second-order valence-corrected chi connectivity index (χ2v) is 8.62. The maximum Gasteiger partial charge on any atom is 0.0995 e. The van der Waals surface area contributed by atoms with Crippen molar-refractivity contribution >= 4 is 0 Å². The fourth-order valence-corrected chi connectivity index (χ4v) is 3.98. The minimum atomic E-state index is 0.434. The van der Waals surface area contributed by atoms with Crippen LogP contribution in [0, 0.1) is 18.3 Å². The summed E-state index contributed by atoms with van der Waals surface area (Å²) in [5.74, 6) is 0.434. The molecule has 1 saturated heterocycles. The van der Waals surface area contributed by atoms with Gasteiger partial charge >= 0.3 is 0 Å². The Morgan fingerprint density at radius 3 is 2.61 bits per heavy atom. The molecular formula is C26H39N5. The molecule has 2 N–H and O–H groups in total. The highest BCUT2D eigenvalue weighted by Crippen LogP contribution is 2.25. The van der Waals surface area contributed by atoms with E-state index in [0.29, 0.717) is 19.1 Å². The predicted molar refractivity (Wildman–Crippen MR) is 131 cm³/mol. The van der Waals surface area contributed by atoms with E-state index in [0.717, 1.165) is 49.5 Å². The summed E-state index contributed by atoms with van der Waals surface area (Å²) in [5, 5.41) is 16.4. The van der Waals surface area contributed by atoms with Crippen molar-refractivity contribution in [2.24, 2.45) is 0 Å². The molecule has 0 saturated carbocycles. The van der Waals surface area contributed by atoms with Gasteiger partial charge in [-0.1, -0.05) is 38.6 Å². The lowest BCUT2D eigenvalue weighted by atomic mass is 9.92. The van der Waals surface area contributed by atoms with Crippen LogP contribution in [0.4, 0.5) is 0 Å². The highest BCUT2D eigenvalue weighted by molar-refractivity contribution is 5.45. The van der Waals surface area contributed by atoms with Gasteiger partial charge in [-0.05, 0) is 61.2 Å². The van der Waals surface area contributed by atoms with Crippen molar-refractivity contribution in [3.05, 3.63) is 70.5 Å². The SMILES string of the molecule is C=C/C(=C\C=C(/C)N(CNC)Cc1cc(C(C)C)c(C)cc1C#N)CN1CCNCC1. The fraction of sp³-hybridized carbons (Fsp3) is 0.500. The Kier molecular flexibility index (Phi) is 10.00. The van der Waals surface area contributed by atoms with Crippen LogP contribution in [0.1, 0.15) is 48.9 Å². The number of allylic oxidation sites excluding steroid dienone is 3. The first kappa shape index (κ1) is 24.9. The molecule has 1 heterocycles. The predicted octanol–water partition coefficient (Wildman–Crippen LogP) is 3.89. The maximum absolute atomic E-state index is 9.69. The topological polar surface area (TPSA) is 54.3 Å². The third-order valence-electron chi connectivity index (χ3n) is 5.86.